The summed E-state index contributed by atoms with van der Waals surface area (Å²) in [5.41, 5.74) is 12.0. The molecule has 1 aromatic heterocycles. The number of phenolic OH excluding ortho intramolecular Hbond substituents is 1. The Hall–Kier alpha value is -6.98. The number of aryl methyl sites for hydroxylation is 1. The number of rotatable bonds is 7. The number of amidine groups is 1. The van der Waals surface area contributed by atoms with Crippen LogP contribution in [-0.4, -0.2) is 28.0 Å². The van der Waals surface area contributed by atoms with Crippen molar-refractivity contribution in [2.24, 2.45) is 4.99 Å². The average molecular weight is 754 g/mol. The second kappa shape index (κ2) is 14.5. The first-order valence-corrected chi connectivity index (χ1v) is 20.1. The molecule has 1 N–H and O–H groups in total. The third-order valence-electron chi connectivity index (χ3n) is 11.9. The van der Waals surface area contributed by atoms with Crippen LogP contribution in [0.25, 0.3) is 44.3 Å². The van der Waals surface area contributed by atoms with Crippen molar-refractivity contribution in [1.29, 1.82) is 0 Å². The Morgan fingerprint density at radius 1 is 0.603 bits per heavy atom. The van der Waals surface area contributed by atoms with Gasteiger partial charge < -0.3 is 14.7 Å². The van der Waals surface area contributed by atoms with E-state index in [1.807, 2.05) is 36.4 Å². The number of nitrogens with zero attached hydrogens (tertiary/aromatic N) is 3. The zero-order valence-electron chi connectivity index (χ0n) is 32.6. The van der Waals surface area contributed by atoms with Gasteiger partial charge in [0.1, 0.15) is 22.9 Å². The molecule has 0 radical (unpaired) electrons. The molecule has 5 heteroatoms. The molecule has 58 heavy (non-hydrogen) atoms. The van der Waals surface area contributed by atoms with Crippen molar-refractivity contribution in [1.82, 2.24) is 4.98 Å². The van der Waals surface area contributed by atoms with Crippen molar-refractivity contribution in [2.45, 2.75) is 44.2 Å². The molecule has 5 nitrogen and oxygen atoms in total. The largest absolute Gasteiger partial charge is 0.506 e. The van der Waals surface area contributed by atoms with Crippen molar-refractivity contribution < 1.29 is 9.84 Å². The van der Waals surface area contributed by atoms with Gasteiger partial charge in [-0.1, -0.05) is 153 Å². The summed E-state index contributed by atoms with van der Waals surface area (Å²) in [7, 11) is 0. The molecule has 282 valence electrons. The number of pyridine rings is 1. The first-order valence-electron chi connectivity index (χ1n) is 20.1. The fourth-order valence-electron chi connectivity index (χ4n) is 9.26. The molecule has 0 fully saturated rings. The summed E-state index contributed by atoms with van der Waals surface area (Å²) in [5.74, 6) is 2.09. The third kappa shape index (κ3) is 6.29. The number of benzene rings is 7. The Morgan fingerprint density at radius 2 is 1.22 bits per heavy atom. The number of aromatic nitrogens is 1. The van der Waals surface area contributed by atoms with Crippen LogP contribution in [0.2, 0.25) is 0 Å². The predicted molar refractivity (Wildman–Crippen MR) is 237 cm³/mol. The molecule has 0 unspecified atom stereocenters. The van der Waals surface area contributed by atoms with E-state index in [-0.39, 0.29) is 23.2 Å². The van der Waals surface area contributed by atoms with Crippen molar-refractivity contribution in [3.8, 4) is 50.8 Å². The Kier molecular flexibility index (Phi) is 8.86. The van der Waals surface area contributed by atoms with E-state index in [4.69, 9.17) is 9.73 Å². The fourth-order valence-corrected chi connectivity index (χ4v) is 9.26. The Labute approximate surface area is 339 Å². The maximum atomic E-state index is 10.6. The molecule has 2 heterocycles. The molecular formula is C53H43N3O2. The quantitative estimate of drug-likeness (QED) is 0.176. The second-order valence-corrected chi connectivity index (χ2v) is 15.9. The van der Waals surface area contributed by atoms with E-state index in [9.17, 15) is 5.11 Å². The highest BCUT2D eigenvalue weighted by molar-refractivity contribution is 6.16. The SMILES string of the molecule is CC1(C)c2ccccc2CC[C@@H]2N=C(c3cccc(Oc4ccc5cccc(O)c5n4)c3)N(c3c(-c4ccccc4)cc(-c4ccccc4)cc3-c3ccccc3)[C@H]21. The van der Waals surface area contributed by atoms with E-state index in [1.54, 1.807) is 6.07 Å². The highest BCUT2D eigenvalue weighted by Crippen LogP contribution is 2.51. The van der Waals surface area contributed by atoms with Crippen LogP contribution in [0.4, 0.5) is 5.69 Å². The fraction of sp³-hybridized carbons (Fsp3) is 0.132. The Bertz CT molecular complexity index is 2760. The number of anilines is 1. The Morgan fingerprint density at radius 3 is 1.93 bits per heavy atom. The van der Waals surface area contributed by atoms with Crippen molar-refractivity contribution in [3.63, 3.8) is 0 Å². The molecule has 0 bridgehead atoms. The summed E-state index contributed by atoms with van der Waals surface area (Å²) >= 11 is 0. The van der Waals surface area contributed by atoms with Crippen LogP contribution in [-0.2, 0) is 11.8 Å². The van der Waals surface area contributed by atoms with E-state index in [0.717, 1.165) is 63.1 Å². The standard InChI is InChI=1S/C53H43N3O2/c1-53(2)45-26-13-12-22-38(45)28-30-46-51(53)56(52(54-46)40-24-14-25-42(32-40)58-48-31-29-39-23-15-27-47(57)49(39)55-48)50-43(36-18-8-4-9-19-36)33-41(35-16-6-3-7-17-35)34-44(50)37-20-10-5-11-21-37/h3-27,29,31-34,46,51,57H,28,30H2,1-2H3/t46-,51+/m0/s1. The van der Waals surface area contributed by atoms with Gasteiger partial charge in [-0.25, -0.2) is 4.98 Å². The van der Waals surface area contributed by atoms with Gasteiger partial charge in [0.25, 0.3) is 0 Å². The molecule has 0 amide bonds. The molecule has 0 saturated heterocycles. The monoisotopic (exact) mass is 753 g/mol. The van der Waals surface area contributed by atoms with Crippen molar-refractivity contribution in [2.75, 3.05) is 4.90 Å². The lowest BCUT2D eigenvalue weighted by Gasteiger charge is -2.43. The Balaban J connectivity index is 1.21. The number of para-hydroxylation sites is 1. The molecule has 1 aliphatic carbocycles. The maximum Gasteiger partial charge on any atom is 0.219 e. The lowest BCUT2D eigenvalue weighted by atomic mass is 9.74. The van der Waals surface area contributed by atoms with Gasteiger partial charge in [-0.05, 0) is 82.6 Å². The number of hydrogen-bond donors (Lipinski definition) is 1. The van der Waals surface area contributed by atoms with Gasteiger partial charge in [0, 0.05) is 33.6 Å². The summed E-state index contributed by atoms with van der Waals surface area (Å²) in [6.45, 7) is 4.81. The third-order valence-corrected chi connectivity index (χ3v) is 11.9. The highest BCUT2D eigenvalue weighted by atomic mass is 16.5. The minimum Gasteiger partial charge on any atom is -0.506 e. The molecule has 10 rings (SSSR count). The number of fused-ring (bicyclic) bond motifs is 3. The lowest BCUT2D eigenvalue weighted by Crippen LogP contribution is -2.51. The van der Waals surface area contributed by atoms with Crippen LogP contribution in [0.15, 0.2) is 187 Å². The van der Waals surface area contributed by atoms with E-state index in [2.05, 4.69) is 163 Å². The zero-order chi connectivity index (χ0) is 39.2. The van der Waals surface area contributed by atoms with Gasteiger partial charge >= 0.3 is 0 Å². The van der Waals surface area contributed by atoms with E-state index in [1.165, 1.54) is 16.7 Å². The first kappa shape index (κ1) is 35.4. The van der Waals surface area contributed by atoms with Gasteiger partial charge in [0.05, 0.1) is 17.8 Å². The predicted octanol–water partition coefficient (Wildman–Crippen LogP) is 12.7. The van der Waals surface area contributed by atoms with E-state index < -0.39 is 0 Å². The van der Waals surface area contributed by atoms with Crippen LogP contribution >= 0.6 is 0 Å². The average Bonchev–Trinajstić information content (AvgIpc) is 3.62. The van der Waals surface area contributed by atoms with Crippen LogP contribution in [0.5, 0.6) is 17.4 Å². The van der Waals surface area contributed by atoms with E-state index >= 15 is 0 Å². The second-order valence-electron chi connectivity index (χ2n) is 15.9. The number of aliphatic imine (C=N–C) groups is 1. The van der Waals surface area contributed by atoms with E-state index in [0.29, 0.717) is 17.1 Å². The number of aromatic hydroxyl groups is 1. The van der Waals surface area contributed by atoms with Crippen LogP contribution in [0.3, 0.4) is 0 Å². The zero-order valence-corrected chi connectivity index (χ0v) is 32.6. The lowest BCUT2D eigenvalue weighted by molar-refractivity contribution is 0.374. The van der Waals surface area contributed by atoms with Gasteiger partial charge in [0.15, 0.2) is 0 Å². The van der Waals surface area contributed by atoms with Crippen LogP contribution < -0.4 is 9.64 Å². The van der Waals surface area contributed by atoms with Gasteiger partial charge in [-0.2, -0.15) is 0 Å². The molecule has 2 atom stereocenters. The molecule has 8 aromatic rings. The van der Waals surface area contributed by atoms with Gasteiger partial charge in [-0.3, -0.25) is 4.99 Å². The smallest absolute Gasteiger partial charge is 0.219 e. The van der Waals surface area contributed by atoms with Gasteiger partial charge in [-0.15, -0.1) is 0 Å². The number of ether oxygens (including phenoxy) is 1. The van der Waals surface area contributed by atoms with Crippen LogP contribution in [0, 0.1) is 0 Å². The molecular weight excluding hydrogens is 711 g/mol. The molecule has 7 aromatic carbocycles. The summed E-state index contributed by atoms with van der Waals surface area (Å²) < 4.78 is 6.46. The highest BCUT2D eigenvalue weighted by Gasteiger charge is 2.50. The van der Waals surface area contributed by atoms with Gasteiger partial charge in [0.2, 0.25) is 5.88 Å². The number of phenols is 1. The van der Waals surface area contributed by atoms with Crippen molar-refractivity contribution in [3.05, 3.63) is 199 Å². The number of hydrogen-bond acceptors (Lipinski definition) is 5. The first-order chi connectivity index (χ1) is 28.4. The minimum absolute atomic E-state index is 0.00615. The maximum absolute atomic E-state index is 10.6. The summed E-state index contributed by atoms with van der Waals surface area (Å²) in [5, 5.41) is 11.4. The molecule has 2 aliphatic rings. The summed E-state index contributed by atoms with van der Waals surface area (Å²) in [6.07, 6.45) is 1.88. The minimum atomic E-state index is -0.284. The summed E-state index contributed by atoms with van der Waals surface area (Å²) in [4.78, 5) is 13.0. The summed E-state index contributed by atoms with van der Waals surface area (Å²) in [6, 6.07) is 63.4. The van der Waals surface area contributed by atoms with Crippen molar-refractivity contribution >= 4 is 22.4 Å². The molecule has 0 spiro atoms. The van der Waals surface area contributed by atoms with Crippen LogP contribution in [0.1, 0.15) is 37.0 Å². The normalized spacial score (nSPS) is 16.9. The molecule has 1 aliphatic heterocycles. The molecule has 0 saturated carbocycles. The topological polar surface area (TPSA) is 58.0 Å².